The third-order valence-corrected chi connectivity index (χ3v) is 6.77. The highest BCUT2D eigenvalue weighted by Crippen LogP contribution is 2.22. The lowest BCUT2D eigenvalue weighted by atomic mass is 10.0. The number of sulfone groups is 1. The largest absolute Gasteiger partial charge is 0.331 e. The number of pyridine rings is 1. The van der Waals surface area contributed by atoms with Gasteiger partial charge in [-0.15, -0.1) is 0 Å². The first-order valence-electron chi connectivity index (χ1n) is 10.1. The molecule has 0 bridgehead atoms. The maximum Gasteiger partial charge on any atom is 0.227 e. The van der Waals surface area contributed by atoms with Gasteiger partial charge in [0.15, 0.2) is 9.84 Å². The van der Waals surface area contributed by atoms with Gasteiger partial charge >= 0.3 is 0 Å². The molecule has 6 heteroatoms. The summed E-state index contributed by atoms with van der Waals surface area (Å²) in [5, 5.41) is 1.21. The van der Waals surface area contributed by atoms with Crippen LogP contribution in [0.5, 0.6) is 0 Å². The molecule has 0 aliphatic carbocycles. The molecule has 2 aromatic carbocycles. The number of hydrogen-bond acceptors (Lipinski definition) is 4. The summed E-state index contributed by atoms with van der Waals surface area (Å²) in [6, 6.07) is 19.5. The number of amides is 1. The molecule has 0 spiro atoms. The Labute approximate surface area is 183 Å². The first-order chi connectivity index (χ1) is 14.9. The summed E-state index contributed by atoms with van der Waals surface area (Å²) in [6.07, 6.45) is 5.16. The van der Waals surface area contributed by atoms with Crippen LogP contribution in [0.15, 0.2) is 84.5 Å². The lowest BCUT2D eigenvalue weighted by Gasteiger charge is -2.28. The van der Waals surface area contributed by atoms with Crippen molar-refractivity contribution in [3.63, 3.8) is 0 Å². The Morgan fingerprint density at radius 2 is 1.74 bits per heavy atom. The van der Waals surface area contributed by atoms with Crippen LogP contribution in [-0.2, 0) is 27.6 Å². The number of hydrogen-bond donors (Lipinski definition) is 0. The Kier molecular flexibility index (Phi) is 6.00. The van der Waals surface area contributed by atoms with Crippen molar-refractivity contribution < 1.29 is 13.2 Å². The fraction of sp³-hybridized carbons (Fsp3) is 0.200. The van der Waals surface area contributed by atoms with Crippen LogP contribution in [-0.4, -0.2) is 36.0 Å². The van der Waals surface area contributed by atoms with Gasteiger partial charge < -0.3 is 4.90 Å². The number of aryl methyl sites for hydroxylation is 1. The van der Waals surface area contributed by atoms with Crippen molar-refractivity contribution in [1.29, 1.82) is 0 Å². The summed E-state index contributed by atoms with van der Waals surface area (Å²) < 4.78 is 23.9. The van der Waals surface area contributed by atoms with Crippen molar-refractivity contribution in [2.24, 2.45) is 0 Å². The molecule has 5 nitrogen and oxygen atoms in total. The molecule has 1 aromatic heterocycles. The summed E-state index contributed by atoms with van der Waals surface area (Å²) in [4.78, 5) is 18.9. The molecular formula is C25H24N2O3S. The summed E-state index contributed by atoms with van der Waals surface area (Å²) in [5.74, 6) is -0.178. The summed E-state index contributed by atoms with van der Waals surface area (Å²) >= 11 is 0. The minimum Gasteiger partial charge on any atom is -0.331 e. The topological polar surface area (TPSA) is 67.3 Å². The lowest BCUT2D eigenvalue weighted by Crippen LogP contribution is -2.41. The predicted molar refractivity (Wildman–Crippen MR) is 122 cm³/mol. The zero-order valence-corrected chi connectivity index (χ0v) is 18.1. The van der Waals surface area contributed by atoms with Gasteiger partial charge in [0.05, 0.1) is 18.2 Å². The third-order valence-electron chi connectivity index (χ3n) is 5.39. The standard InChI is InChI=1S/C25H24N2O3S/c1-19-3-2-4-23(15-19)22-7-5-20(6-8-22)16-25(28)27(17-21-9-12-26-13-10-21)24-11-14-31(29,30)18-24/h2-15,24H,16-18H2,1H3. The molecule has 1 aliphatic rings. The van der Waals surface area contributed by atoms with E-state index in [-0.39, 0.29) is 18.1 Å². The highest BCUT2D eigenvalue weighted by molar-refractivity contribution is 7.94. The van der Waals surface area contributed by atoms with Gasteiger partial charge in [-0.05, 0) is 47.4 Å². The second-order valence-corrected chi connectivity index (χ2v) is 9.78. The highest BCUT2D eigenvalue weighted by Gasteiger charge is 2.30. The number of rotatable bonds is 6. The smallest absolute Gasteiger partial charge is 0.227 e. The SMILES string of the molecule is Cc1cccc(-c2ccc(CC(=O)N(Cc3ccncc3)C3C=CS(=O)(=O)C3)cc2)c1. The molecule has 31 heavy (non-hydrogen) atoms. The van der Waals surface area contributed by atoms with E-state index in [9.17, 15) is 13.2 Å². The van der Waals surface area contributed by atoms with Crippen molar-refractivity contribution in [3.05, 3.63) is 101 Å². The first kappa shape index (κ1) is 21.0. The fourth-order valence-corrected chi connectivity index (χ4v) is 5.04. The third kappa shape index (κ3) is 5.27. The van der Waals surface area contributed by atoms with Gasteiger partial charge in [-0.1, -0.05) is 54.1 Å². The molecular weight excluding hydrogens is 408 g/mol. The fourth-order valence-electron chi connectivity index (χ4n) is 3.74. The molecule has 1 amide bonds. The monoisotopic (exact) mass is 432 g/mol. The molecule has 0 saturated carbocycles. The Balaban J connectivity index is 1.52. The molecule has 2 heterocycles. The number of benzene rings is 2. The van der Waals surface area contributed by atoms with E-state index in [2.05, 4.69) is 30.1 Å². The number of aromatic nitrogens is 1. The van der Waals surface area contributed by atoms with Gasteiger partial charge in [0.2, 0.25) is 5.91 Å². The quantitative estimate of drug-likeness (QED) is 0.592. The van der Waals surface area contributed by atoms with Gasteiger partial charge in [0, 0.05) is 24.3 Å². The average molecular weight is 433 g/mol. The van der Waals surface area contributed by atoms with Crippen LogP contribution in [0.25, 0.3) is 11.1 Å². The van der Waals surface area contributed by atoms with Crippen LogP contribution in [0, 0.1) is 6.92 Å². The van der Waals surface area contributed by atoms with Crippen LogP contribution >= 0.6 is 0 Å². The number of nitrogens with zero attached hydrogens (tertiary/aromatic N) is 2. The Bertz CT molecular complexity index is 1200. The zero-order valence-electron chi connectivity index (χ0n) is 17.3. The molecule has 4 rings (SSSR count). The van der Waals surface area contributed by atoms with E-state index in [4.69, 9.17) is 0 Å². The van der Waals surface area contributed by atoms with E-state index in [0.717, 1.165) is 22.3 Å². The Morgan fingerprint density at radius 3 is 2.39 bits per heavy atom. The summed E-state index contributed by atoms with van der Waals surface area (Å²) in [6.45, 7) is 2.40. The van der Waals surface area contributed by atoms with Gasteiger partial charge in [0.1, 0.15) is 0 Å². The van der Waals surface area contributed by atoms with E-state index in [1.54, 1.807) is 23.4 Å². The molecule has 3 aromatic rings. The normalized spacial score (nSPS) is 16.9. The van der Waals surface area contributed by atoms with Crippen LogP contribution in [0.4, 0.5) is 0 Å². The molecule has 158 valence electrons. The minimum atomic E-state index is -3.27. The molecule has 1 unspecified atom stereocenters. The van der Waals surface area contributed by atoms with Crippen molar-refractivity contribution in [2.75, 3.05) is 5.75 Å². The van der Waals surface area contributed by atoms with E-state index in [1.807, 2.05) is 42.5 Å². The maximum absolute atomic E-state index is 13.2. The molecule has 0 fully saturated rings. The molecule has 0 saturated heterocycles. The first-order valence-corrected chi connectivity index (χ1v) is 11.9. The van der Waals surface area contributed by atoms with E-state index < -0.39 is 15.9 Å². The summed E-state index contributed by atoms with van der Waals surface area (Å²) in [7, 11) is -3.27. The van der Waals surface area contributed by atoms with Crippen molar-refractivity contribution >= 4 is 15.7 Å². The number of carbonyl (C=O) groups is 1. The van der Waals surface area contributed by atoms with E-state index in [1.165, 1.54) is 11.0 Å². The van der Waals surface area contributed by atoms with E-state index >= 15 is 0 Å². The second kappa shape index (κ2) is 8.86. The van der Waals surface area contributed by atoms with Crippen molar-refractivity contribution in [1.82, 2.24) is 9.88 Å². The van der Waals surface area contributed by atoms with Crippen molar-refractivity contribution in [2.45, 2.75) is 25.9 Å². The van der Waals surface area contributed by atoms with Gasteiger partial charge in [-0.25, -0.2) is 8.42 Å². The molecule has 0 N–H and O–H groups in total. The Morgan fingerprint density at radius 1 is 1.00 bits per heavy atom. The predicted octanol–water partition coefficient (Wildman–Crippen LogP) is 3.94. The second-order valence-electron chi connectivity index (χ2n) is 7.85. The van der Waals surface area contributed by atoms with Crippen molar-refractivity contribution in [3.8, 4) is 11.1 Å². The average Bonchev–Trinajstić information content (AvgIpc) is 3.12. The Hall–Kier alpha value is -3.25. The zero-order chi connectivity index (χ0) is 21.8. The summed E-state index contributed by atoms with van der Waals surface area (Å²) in [5.41, 5.74) is 5.24. The lowest BCUT2D eigenvalue weighted by molar-refractivity contribution is -0.132. The van der Waals surface area contributed by atoms with Crippen LogP contribution in [0.3, 0.4) is 0 Å². The maximum atomic E-state index is 13.2. The van der Waals surface area contributed by atoms with Crippen LogP contribution in [0.1, 0.15) is 16.7 Å². The number of carbonyl (C=O) groups excluding carboxylic acids is 1. The van der Waals surface area contributed by atoms with Gasteiger partial charge in [-0.2, -0.15) is 0 Å². The molecule has 1 atom stereocenters. The van der Waals surface area contributed by atoms with Crippen LogP contribution < -0.4 is 0 Å². The minimum absolute atomic E-state index is 0.0733. The highest BCUT2D eigenvalue weighted by atomic mass is 32.2. The molecule has 1 aliphatic heterocycles. The molecule has 0 radical (unpaired) electrons. The van der Waals surface area contributed by atoms with Crippen LogP contribution in [0.2, 0.25) is 0 Å². The van der Waals surface area contributed by atoms with Gasteiger partial charge in [-0.3, -0.25) is 9.78 Å². The van der Waals surface area contributed by atoms with E-state index in [0.29, 0.717) is 6.54 Å². The van der Waals surface area contributed by atoms with Gasteiger partial charge in [0.25, 0.3) is 0 Å².